The van der Waals surface area contributed by atoms with Crippen molar-refractivity contribution in [3.05, 3.63) is 28.0 Å². The maximum atomic E-state index is 10.9. The van der Waals surface area contributed by atoms with Crippen LogP contribution in [0.5, 0.6) is 0 Å². The van der Waals surface area contributed by atoms with Gasteiger partial charge in [-0.15, -0.1) is 0 Å². The number of carbonyl (C=O) groups is 1. The van der Waals surface area contributed by atoms with Crippen LogP contribution >= 0.6 is 27.5 Å². The fraction of sp³-hybridized carbons (Fsp3) is 0.250. The van der Waals surface area contributed by atoms with Gasteiger partial charge in [0, 0.05) is 7.05 Å². The molecule has 76 valence electrons. The third-order valence-corrected chi connectivity index (χ3v) is 3.10. The molecule has 0 aliphatic rings. The van der Waals surface area contributed by atoms with E-state index in [0.717, 1.165) is 0 Å². The molecule has 0 spiro atoms. The predicted molar refractivity (Wildman–Crippen MR) is 58.0 cm³/mol. The van der Waals surface area contributed by atoms with Gasteiger partial charge < -0.3 is 5.32 Å². The van der Waals surface area contributed by atoms with Crippen molar-refractivity contribution in [2.24, 2.45) is 7.05 Å². The lowest BCUT2D eigenvalue weighted by molar-refractivity contribution is -0.116. The smallest absolute Gasteiger partial charge is 0.243 e. The zero-order chi connectivity index (χ0) is 10.7. The van der Waals surface area contributed by atoms with E-state index in [1.165, 1.54) is 10.8 Å². The Balaban J connectivity index is 2.72. The van der Waals surface area contributed by atoms with Crippen molar-refractivity contribution < 1.29 is 4.79 Å². The molecule has 1 N–H and O–H groups in total. The number of nitrogens with one attached hydrogen (secondary N) is 1. The van der Waals surface area contributed by atoms with Crippen molar-refractivity contribution in [1.29, 1.82) is 0 Å². The average Bonchev–Trinajstić information content (AvgIpc) is 2.42. The number of aryl methyl sites for hydroxylation is 1. The Labute approximate surface area is 95.1 Å². The molecule has 1 aromatic heterocycles. The molecular weight excluding hydrogens is 269 g/mol. The number of hydrogen-bond donors (Lipinski definition) is 1. The first-order valence-electron chi connectivity index (χ1n) is 3.83. The molecule has 1 aromatic rings. The Morgan fingerprint density at radius 2 is 2.50 bits per heavy atom. The number of aromatic nitrogens is 2. The van der Waals surface area contributed by atoms with E-state index < -0.39 is 0 Å². The van der Waals surface area contributed by atoms with E-state index in [1.54, 1.807) is 7.05 Å². The van der Waals surface area contributed by atoms with Crippen LogP contribution in [0, 0.1) is 0 Å². The van der Waals surface area contributed by atoms with Crippen molar-refractivity contribution in [3.63, 3.8) is 0 Å². The largest absolute Gasteiger partial charge is 0.347 e. The zero-order valence-electron chi connectivity index (χ0n) is 7.55. The van der Waals surface area contributed by atoms with Crippen LogP contribution in [0.15, 0.2) is 17.1 Å². The number of hydrogen-bond acceptors (Lipinski definition) is 2. The van der Waals surface area contributed by atoms with Crippen LogP contribution in [0.4, 0.5) is 0 Å². The molecule has 0 aliphatic carbocycles. The number of nitrogens with zero attached hydrogens (tertiary/aromatic N) is 2. The van der Waals surface area contributed by atoms with Crippen LogP contribution in [-0.4, -0.2) is 15.7 Å². The van der Waals surface area contributed by atoms with Gasteiger partial charge in [-0.3, -0.25) is 9.48 Å². The fourth-order valence-electron chi connectivity index (χ4n) is 0.886. The van der Waals surface area contributed by atoms with Gasteiger partial charge in [-0.25, -0.2) is 0 Å². The molecule has 0 atom stereocenters. The van der Waals surface area contributed by atoms with Crippen molar-refractivity contribution >= 4 is 33.4 Å². The van der Waals surface area contributed by atoms with Gasteiger partial charge in [0.2, 0.25) is 5.91 Å². The van der Waals surface area contributed by atoms with Gasteiger partial charge in [-0.05, 0) is 22.0 Å². The molecule has 0 saturated heterocycles. The highest BCUT2D eigenvalue weighted by molar-refractivity contribution is 9.10. The van der Waals surface area contributed by atoms with Crippen LogP contribution in [0.2, 0.25) is 5.15 Å². The minimum absolute atomic E-state index is 0.237. The first-order valence-corrected chi connectivity index (χ1v) is 5.00. The normalized spacial score (nSPS) is 9.93. The highest BCUT2D eigenvalue weighted by atomic mass is 79.9. The van der Waals surface area contributed by atoms with Crippen molar-refractivity contribution in [1.82, 2.24) is 15.1 Å². The molecule has 0 unspecified atom stereocenters. The third-order valence-electron chi connectivity index (χ3n) is 1.60. The molecule has 4 nitrogen and oxygen atoms in total. The number of rotatable bonds is 3. The number of amides is 1. The average molecular weight is 279 g/mol. The van der Waals surface area contributed by atoms with E-state index >= 15 is 0 Å². The minimum atomic E-state index is -0.237. The molecule has 14 heavy (non-hydrogen) atoms. The van der Waals surface area contributed by atoms with Gasteiger partial charge in [0.15, 0.2) is 0 Å². The second-order valence-electron chi connectivity index (χ2n) is 2.60. The summed E-state index contributed by atoms with van der Waals surface area (Å²) in [5.74, 6) is -0.237. The molecule has 0 aromatic carbocycles. The van der Waals surface area contributed by atoms with Crippen LogP contribution in [-0.2, 0) is 18.4 Å². The lowest BCUT2D eigenvalue weighted by atomic mass is 10.4. The molecule has 1 amide bonds. The molecule has 0 saturated carbocycles. The zero-order valence-corrected chi connectivity index (χ0v) is 9.89. The SMILES string of the molecule is C=CC(=O)NCc1nn(C)c(Cl)c1Br. The van der Waals surface area contributed by atoms with Crippen molar-refractivity contribution in [3.8, 4) is 0 Å². The minimum Gasteiger partial charge on any atom is -0.347 e. The summed E-state index contributed by atoms with van der Waals surface area (Å²) in [5.41, 5.74) is 0.688. The highest BCUT2D eigenvalue weighted by Crippen LogP contribution is 2.25. The first-order chi connectivity index (χ1) is 6.56. The quantitative estimate of drug-likeness (QED) is 0.855. The second kappa shape index (κ2) is 4.61. The van der Waals surface area contributed by atoms with Gasteiger partial charge in [0.25, 0.3) is 0 Å². The highest BCUT2D eigenvalue weighted by Gasteiger charge is 2.11. The maximum absolute atomic E-state index is 10.9. The van der Waals surface area contributed by atoms with Gasteiger partial charge in [-0.2, -0.15) is 5.10 Å². The monoisotopic (exact) mass is 277 g/mol. The fourth-order valence-corrected chi connectivity index (χ4v) is 1.51. The summed E-state index contributed by atoms with van der Waals surface area (Å²) in [6.45, 7) is 3.67. The van der Waals surface area contributed by atoms with Crippen LogP contribution in [0.1, 0.15) is 5.69 Å². The van der Waals surface area contributed by atoms with Crippen molar-refractivity contribution in [2.45, 2.75) is 6.54 Å². The Hall–Kier alpha value is -0.810. The van der Waals surface area contributed by atoms with E-state index in [0.29, 0.717) is 21.9 Å². The van der Waals surface area contributed by atoms with Crippen LogP contribution in [0.25, 0.3) is 0 Å². The van der Waals surface area contributed by atoms with E-state index in [1.807, 2.05) is 0 Å². The van der Waals surface area contributed by atoms with Gasteiger partial charge >= 0.3 is 0 Å². The molecule has 0 fully saturated rings. The summed E-state index contributed by atoms with van der Waals surface area (Å²) < 4.78 is 2.23. The predicted octanol–water partition coefficient (Wildman–Crippen LogP) is 1.64. The summed E-state index contributed by atoms with van der Waals surface area (Å²) in [6.07, 6.45) is 1.21. The molecule has 1 heterocycles. The number of carbonyl (C=O) groups excluding carboxylic acids is 1. The lowest BCUT2D eigenvalue weighted by Crippen LogP contribution is -2.20. The van der Waals surface area contributed by atoms with Crippen molar-refractivity contribution in [2.75, 3.05) is 0 Å². The first kappa shape index (κ1) is 11.3. The summed E-state index contributed by atoms with van der Waals surface area (Å²) >= 11 is 9.15. The van der Waals surface area contributed by atoms with Gasteiger partial charge in [0.1, 0.15) is 5.15 Å². The Morgan fingerprint density at radius 1 is 1.86 bits per heavy atom. The molecule has 0 bridgehead atoms. The lowest BCUT2D eigenvalue weighted by Gasteiger charge is -1.98. The third kappa shape index (κ3) is 2.36. The number of halogens is 2. The maximum Gasteiger partial charge on any atom is 0.243 e. The molecule has 0 radical (unpaired) electrons. The van der Waals surface area contributed by atoms with Gasteiger partial charge in [-0.1, -0.05) is 18.2 Å². The Bertz CT molecular complexity index is 375. The van der Waals surface area contributed by atoms with E-state index in [9.17, 15) is 4.79 Å². The molecule has 6 heteroatoms. The van der Waals surface area contributed by atoms with Gasteiger partial charge in [0.05, 0.1) is 16.7 Å². The summed E-state index contributed by atoms with van der Waals surface area (Å²) in [5, 5.41) is 7.22. The van der Waals surface area contributed by atoms with Crippen LogP contribution < -0.4 is 5.32 Å². The Kier molecular flexibility index (Phi) is 3.71. The summed E-state index contributed by atoms with van der Waals surface area (Å²) in [6, 6.07) is 0. The standard InChI is InChI=1S/C8H9BrClN3O/c1-3-6(14)11-4-5-7(9)8(10)13(2)12-5/h3H,1,4H2,2H3,(H,11,14). The Morgan fingerprint density at radius 3 is 2.93 bits per heavy atom. The molecule has 0 aliphatic heterocycles. The summed E-state index contributed by atoms with van der Waals surface area (Å²) in [7, 11) is 1.73. The summed E-state index contributed by atoms with van der Waals surface area (Å²) in [4.78, 5) is 10.9. The topological polar surface area (TPSA) is 46.9 Å². The van der Waals surface area contributed by atoms with Crippen LogP contribution in [0.3, 0.4) is 0 Å². The second-order valence-corrected chi connectivity index (χ2v) is 3.75. The van der Waals surface area contributed by atoms with E-state index in [2.05, 4.69) is 32.9 Å². The molecular formula is C8H9BrClN3O. The van der Waals surface area contributed by atoms with E-state index in [4.69, 9.17) is 11.6 Å². The molecule has 1 rings (SSSR count). The van der Waals surface area contributed by atoms with E-state index in [-0.39, 0.29) is 5.91 Å².